The number of amides is 2. The van der Waals surface area contributed by atoms with Crippen molar-refractivity contribution in [2.45, 2.75) is 24.3 Å². The minimum absolute atomic E-state index is 0.133. The molecule has 1 aliphatic heterocycles. The monoisotopic (exact) mass is 449 g/mol. The fraction of sp³-hybridized carbons (Fsp3) is 0.167. The standard InChI is InChI=1S/C24H23N3O4S/c28-23-11-6-16-27(23)17-18-12-14-19(15-13-18)24(29)25-21-9-4-5-10-22(21)26-32(30,31)20-7-2-1-3-8-20/h1-5,7-10,12-15,26H,6,11,16-17H2,(H,25,29). The van der Waals surface area contributed by atoms with Gasteiger partial charge < -0.3 is 10.2 Å². The summed E-state index contributed by atoms with van der Waals surface area (Å²) in [5.74, 6) is -0.207. The molecule has 164 valence electrons. The van der Waals surface area contributed by atoms with Gasteiger partial charge in [0.1, 0.15) is 0 Å². The van der Waals surface area contributed by atoms with Gasteiger partial charge in [0.05, 0.1) is 16.3 Å². The third-order valence-corrected chi connectivity index (χ3v) is 6.62. The maximum absolute atomic E-state index is 12.8. The van der Waals surface area contributed by atoms with Crippen LogP contribution in [0.15, 0.2) is 83.8 Å². The van der Waals surface area contributed by atoms with Crippen LogP contribution in [-0.2, 0) is 21.4 Å². The number of rotatable bonds is 7. The normalized spacial score (nSPS) is 13.8. The van der Waals surface area contributed by atoms with Crippen LogP contribution >= 0.6 is 0 Å². The molecule has 2 amide bonds. The van der Waals surface area contributed by atoms with Gasteiger partial charge in [-0.15, -0.1) is 0 Å². The van der Waals surface area contributed by atoms with Crippen molar-refractivity contribution in [2.24, 2.45) is 0 Å². The first-order chi connectivity index (χ1) is 15.4. The highest BCUT2D eigenvalue weighted by molar-refractivity contribution is 7.92. The van der Waals surface area contributed by atoms with E-state index in [2.05, 4.69) is 10.0 Å². The zero-order valence-corrected chi connectivity index (χ0v) is 18.1. The molecule has 2 N–H and O–H groups in total. The van der Waals surface area contributed by atoms with Crippen LogP contribution in [0.4, 0.5) is 11.4 Å². The summed E-state index contributed by atoms with van der Waals surface area (Å²) in [5.41, 5.74) is 2.01. The Labute approximate surface area is 187 Å². The minimum Gasteiger partial charge on any atom is -0.338 e. The van der Waals surface area contributed by atoms with Gasteiger partial charge >= 0.3 is 0 Å². The van der Waals surface area contributed by atoms with E-state index < -0.39 is 10.0 Å². The summed E-state index contributed by atoms with van der Waals surface area (Å²) < 4.78 is 27.9. The van der Waals surface area contributed by atoms with E-state index in [4.69, 9.17) is 0 Å². The van der Waals surface area contributed by atoms with Crippen molar-refractivity contribution in [3.63, 3.8) is 0 Å². The van der Waals surface area contributed by atoms with E-state index >= 15 is 0 Å². The first-order valence-electron chi connectivity index (χ1n) is 10.3. The Morgan fingerprint density at radius 3 is 2.19 bits per heavy atom. The summed E-state index contributed by atoms with van der Waals surface area (Å²) >= 11 is 0. The molecule has 32 heavy (non-hydrogen) atoms. The summed E-state index contributed by atoms with van der Waals surface area (Å²) in [6.07, 6.45) is 1.47. The SMILES string of the molecule is O=C(Nc1ccccc1NS(=O)(=O)c1ccccc1)c1ccc(CN2CCCC2=O)cc1. The number of hydrogen-bond acceptors (Lipinski definition) is 4. The largest absolute Gasteiger partial charge is 0.338 e. The van der Waals surface area contributed by atoms with Gasteiger partial charge in [-0.1, -0.05) is 42.5 Å². The van der Waals surface area contributed by atoms with Gasteiger partial charge in [-0.05, 0) is 48.4 Å². The first kappa shape index (κ1) is 21.6. The number of carbonyl (C=O) groups is 2. The lowest BCUT2D eigenvalue weighted by Crippen LogP contribution is -2.23. The molecule has 0 bridgehead atoms. The zero-order valence-electron chi connectivity index (χ0n) is 17.3. The molecule has 1 saturated heterocycles. The van der Waals surface area contributed by atoms with E-state index in [0.717, 1.165) is 18.5 Å². The summed E-state index contributed by atoms with van der Waals surface area (Å²) in [6.45, 7) is 1.29. The Kier molecular flexibility index (Phi) is 6.23. The average Bonchev–Trinajstić information content (AvgIpc) is 3.20. The van der Waals surface area contributed by atoms with Gasteiger partial charge in [0, 0.05) is 25.1 Å². The van der Waals surface area contributed by atoms with Crippen molar-refractivity contribution in [1.29, 1.82) is 0 Å². The van der Waals surface area contributed by atoms with Crippen molar-refractivity contribution in [3.05, 3.63) is 90.0 Å². The van der Waals surface area contributed by atoms with Crippen LogP contribution in [0.25, 0.3) is 0 Å². The van der Waals surface area contributed by atoms with Gasteiger partial charge in [0.15, 0.2) is 0 Å². The smallest absolute Gasteiger partial charge is 0.261 e. The summed E-state index contributed by atoms with van der Waals surface area (Å²) in [6, 6.07) is 21.7. The van der Waals surface area contributed by atoms with Crippen molar-refractivity contribution in [2.75, 3.05) is 16.6 Å². The summed E-state index contributed by atoms with van der Waals surface area (Å²) in [7, 11) is -3.79. The predicted molar refractivity (Wildman–Crippen MR) is 123 cm³/mol. The van der Waals surface area contributed by atoms with E-state index in [0.29, 0.717) is 24.2 Å². The molecule has 4 rings (SSSR count). The highest BCUT2D eigenvalue weighted by atomic mass is 32.2. The van der Waals surface area contributed by atoms with Crippen molar-refractivity contribution < 1.29 is 18.0 Å². The van der Waals surface area contributed by atoms with E-state index in [1.807, 2.05) is 17.0 Å². The highest BCUT2D eigenvalue weighted by Crippen LogP contribution is 2.25. The second-order valence-electron chi connectivity index (χ2n) is 7.53. The van der Waals surface area contributed by atoms with Crippen molar-refractivity contribution in [3.8, 4) is 0 Å². The molecular weight excluding hydrogens is 426 g/mol. The van der Waals surface area contributed by atoms with E-state index in [1.54, 1.807) is 54.6 Å². The van der Waals surface area contributed by atoms with Gasteiger partial charge in [0.25, 0.3) is 15.9 Å². The van der Waals surface area contributed by atoms with Crippen molar-refractivity contribution in [1.82, 2.24) is 4.90 Å². The van der Waals surface area contributed by atoms with Crippen LogP contribution in [-0.4, -0.2) is 31.7 Å². The Morgan fingerprint density at radius 1 is 0.875 bits per heavy atom. The van der Waals surface area contributed by atoms with E-state index in [-0.39, 0.29) is 22.4 Å². The molecule has 1 heterocycles. The molecular formula is C24H23N3O4S. The molecule has 0 unspecified atom stereocenters. The number of sulfonamides is 1. The second kappa shape index (κ2) is 9.23. The molecule has 0 saturated carbocycles. The van der Waals surface area contributed by atoms with E-state index in [1.165, 1.54) is 12.1 Å². The molecule has 3 aromatic carbocycles. The Bertz CT molecular complexity index is 1230. The Balaban J connectivity index is 1.46. The second-order valence-corrected chi connectivity index (χ2v) is 9.22. The number of anilines is 2. The summed E-state index contributed by atoms with van der Waals surface area (Å²) in [4.78, 5) is 26.5. The molecule has 0 aliphatic carbocycles. The number of nitrogens with zero attached hydrogens (tertiary/aromatic N) is 1. The molecule has 0 spiro atoms. The fourth-order valence-electron chi connectivity index (χ4n) is 3.53. The van der Waals surface area contributed by atoms with E-state index in [9.17, 15) is 18.0 Å². The molecule has 0 aromatic heterocycles. The molecule has 7 nitrogen and oxygen atoms in total. The summed E-state index contributed by atoms with van der Waals surface area (Å²) in [5, 5.41) is 2.77. The molecule has 8 heteroatoms. The predicted octanol–water partition coefficient (Wildman–Crippen LogP) is 3.86. The first-order valence-corrected chi connectivity index (χ1v) is 11.8. The number of nitrogens with one attached hydrogen (secondary N) is 2. The van der Waals surface area contributed by atoms with Crippen LogP contribution < -0.4 is 10.0 Å². The van der Waals surface area contributed by atoms with Gasteiger partial charge in [0.2, 0.25) is 5.91 Å². The van der Waals surface area contributed by atoms with Crippen LogP contribution in [0, 0.1) is 0 Å². The highest BCUT2D eigenvalue weighted by Gasteiger charge is 2.20. The lowest BCUT2D eigenvalue weighted by atomic mass is 10.1. The van der Waals surface area contributed by atoms with Gasteiger partial charge in [-0.2, -0.15) is 0 Å². The van der Waals surface area contributed by atoms with Crippen molar-refractivity contribution >= 4 is 33.2 Å². The molecule has 3 aromatic rings. The van der Waals surface area contributed by atoms with Gasteiger partial charge in [-0.3, -0.25) is 14.3 Å². The maximum atomic E-state index is 12.8. The van der Waals surface area contributed by atoms with Crippen LogP contribution in [0.1, 0.15) is 28.8 Å². The quantitative estimate of drug-likeness (QED) is 0.573. The van der Waals surface area contributed by atoms with Gasteiger partial charge in [-0.25, -0.2) is 8.42 Å². The number of para-hydroxylation sites is 2. The third kappa shape index (κ3) is 4.97. The molecule has 0 atom stereocenters. The third-order valence-electron chi connectivity index (χ3n) is 5.23. The Hall–Kier alpha value is -3.65. The topological polar surface area (TPSA) is 95.6 Å². The van der Waals surface area contributed by atoms with Crippen LogP contribution in [0.2, 0.25) is 0 Å². The minimum atomic E-state index is -3.79. The lowest BCUT2D eigenvalue weighted by molar-refractivity contribution is -0.128. The zero-order chi connectivity index (χ0) is 22.6. The molecule has 1 aliphatic rings. The average molecular weight is 450 g/mol. The number of benzene rings is 3. The lowest BCUT2D eigenvalue weighted by Gasteiger charge is -2.16. The molecule has 1 fully saturated rings. The van der Waals surface area contributed by atoms with Crippen LogP contribution in [0.3, 0.4) is 0 Å². The molecule has 0 radical (unpaired) electrons. The number of likely N-dealkylation sites (tertiary alicyclic amines) is 1. The Morgan fingerprint density at radius 2 is 1.53 bits per heavy atom. The number of carbonyl (C=O) groups excluding carboxylic acids is 2. The maximum Gasteiger partial charge on any atom is 0.261 e. The fourth-order valence-corrected chi connectivity index (χ4v) is 4.63. The van der Waals surface area contributed by atoms with Crippen LogP contribution in [0.5, 0.6) is 0 Å². The number of hydrogen-bond donors (Lipinski definition) is 2.